The van der Waals surface area contributed by atoms with Crippen molar-refractivity contribution in [3.63, 3.8) is 0 Å². The van der Waals surface area contributed by atoms with Crippen molar-refractivity contribution in [3.8, 4) is 0 Å². The van der Waals surface area contributed by atoms with Crippen LogP contribution in [0.4, 0.5) is 0 Å². The number of hydrogen-bond donors (Lipinski definition) is 2. The molecule has 4 heteroatoms. The summed E-state index contributed by atoms with van der Waals surface area (Å²) in [6, 6.07) is 0.349. The van der Waals surface area contributed by atoms with E-state index in [1.165, 1.54) is 12.8 Å². The van der Waals surface area contributed by atoms with Gasteiger partial charge in [0.1, 0.15) is 0 Å². The molecule has 1 aliphatic heterocycles. The van der Waals surface area contributed by atoms with Crippen LogP contribution in [0.25, 0.3) is 0 Å². The number of rotatable bonds is 7. The molecule has 17 heavy (non-hydrogen) atoms. The van der Waals surface area contributed by atoms with E-state index < -0.39 is 0 Å². The minimum absolute atomic E-state index is 0.233. The molecule has 2 atom stereocenters. The van der Waals surface area contributed by atoms with Gasteiger partial charge in [0.15, 0.2) is 0 Å². The van der Waals surface area contributed by atoms with E-state index in [0.717, 1.165) is 31.7 Å². The van der Waals surface area contributed by atoms with E-state index >= 15 is 0 Å². The maximum Gasteiger partial charge on any atom is 0.220 e. The summed E-state index contributed by atoms with van der Waals surface area (Å²) >= 11 is 1.80. The lowest BCUT2D eigenvalue weighted by molar-refractivity contribution is -0.122. The van der Waals surface area contributed by atoms with E-state index in [0.29, 0.717) is 18.4 Å². The second kappa shape index (κ2) is 8.81. The van der Waals surface area contributed by atoms with Crippen molar-refractivity contribution in [1.29, 1.82) is 0 Å². The minimum atomic E-state index is 0.233. The highest BCUT2D eigenvalue weighted by molar-refractivity contribution is 7.98. The van der Waals surface area contributed by atoms with Crippen molar-refractivity contribution in [2.24, 2.45) is 5.92 Å². The van der Waals surface area contributed by atoms with Crippen LogP contribution in [0.3, 0.4) is 0 Å². The molecular weight excluding hydrogens is 232 g/mol. The van der Waals surface area contributed by atoms with Crippen LogP contribution in [-0.4, -0.2) is 37.0 Å². The SMILES string of the molecule is CCC(CSC)NC(=O)CCC1CCCNC1. The topological polar surface area (TPSA) is 41.1 Å². The zero-order valence-electron chi connectivity index (χ0n) is 11.1. The van der Waals surface area contributed by atoms with Gasteiger partial charge in [0.2, 0.25) is 5.91 Å². The van der Waals surface area contributed by atoms with Gasteiger partial charge in [-0.3, -0.25) is 4.79 Å². The Kier molecular flexibility index (Phi) is 7.69. The molecule has 0 aromatic rings. The molecule has 0 aliphatic carbocycles. The molecule has 2 unspecified atom stereocenters. The fourth-order valence-electron chi connectivity index (χ4n) is 2.27. The second-order valence-electron chi connectivity index (χ2n) is 4.88. The van der Waals surface area contributed by atoms with Gasteiger partial charge in [0, 0.05) is 18.2 Å². The number of nitrogens with one attached hydrogen (secondary N) is 2. The van der Waals surface area contributed by atoms with Crippen LogP contribution >= 0.6 is 11.8 Å². The first-order valence-electron chi connectivity index (χ1n) is 6.75. The van der Waals surface area contributed by atoms with Gasteiger partial charge in [-0.05, 0) is 50.9 Å². The van der Waals surface area contributed by atoms with Crippen LogP contribution < -0.4 is 10.6 Å². The molecule has 0 bridgehead atoms. The predicted octanol–water partition coefficient (Wildman–Crippen LogP) is 2.02. The molecule has 1 saturated heterocycles. The highest BCUT2D eigenvalue weighted by Crippen LogP contribution is 2.15. The maximum absolute atomic E-state index is 11.8. The summed E-state index contributed by atoms with van der Waals surface area (Å²) in [6.45, 7) is 4.37. The molecule has 0 radical (unpaired) electrons. The molecule has 1 amide bonds. The first-order valence-corrected chi connectivity index (χ1v) is 8.14. The summed E-state index contributed by atoms with van der Waals surface area (Å²) in [4.78, 5) is 11.8. The lowest BCUT2D eigenvalue weighted by atomic mass is 9.94. The highest BCUT2D eigenvalue weighted by atomic mass is 32.2. The Balaban J connectivity index is 2.14. The zero-order valence-corrected chi connectivity index (χ0v) is 11.9. The molecule has 1 rings (SSSR count). The summed E-state index contributed by atoms with van der Waals surface area (Å²) < 4.78 is 0. The van der Waals surface area contributed by atoms with Gasteiger partial charge >= 0.3 is 0 Å². The monoisotopic (exact) mass is 258 g/mol. The first-order chi connectivity index (χ1) is 8.26. The molecular formula is C13H26N2OS. The van der Waals surface area contributed by atoms with Crippen LogP contribution in [0.1, 0.15) is 39.0 Å². The van der Waals surface area contributed by atoms with Crippen LogP contribution in [0.2, 0.25) is 0 Å². The minimum Gasteiger partial charge on any atom is -0.353 e. The van der Waals surface area contributed by atoms with E-state index in [2.05, 4.69) is 23.8 Å². The quantitative estimate of drug-likeness (QED) is 0.734. The van der Waals surface area contributed by atoms with E-state index in [9.17, 15) is 4.79 Å². The van der Waals surface area contributed by atoms with Crippen molar-refractivity contribution in [1.82, 2.24) is 10.6 Å². The molecule has 1 fully saturated rings. The average Bonchev–Trinajstić information content (AvgIpc) is 2.37. The van der Waals surface area contributed by atoms with Crippen molar-refractivity contribution in [2.45, 2.75) is 45.1 Å². The van der Waals surface area contributed by atoms with Gasteiger partial charge in [-0.1, -0.05) is 6.92 Å². The van der Waals surface area contributed by atoms with E-state index in [4.69, 9.17) is 0 Å². The third-order valence-corrected chi connectivity index (χ3v) is 4.14. The lowest BCUT2D eigenvalue weighted by Gasteiger charge is -2.23. The summed E-state index contributed by atoms with van der Waals surface area (Å²) in [5.74, 6) is 1.96. The van der Waals surface area contributed by atoms with Gasteiger partial charge in [0.25, 0.3) is 0 Å². The van der Waals surface area contributed by atoms with Crippen molar-refractivity contribution in [2.75, 3.05) is 25.1 Å². The first kappa shape index (κ1) is 14.8. The number of thioether (sulfide) groups is 1. The molecule has 3 nitrogen and oxygen atoms in total. The number of carbonyl (C=O) groups is 1. The Bertz CT molecular complexity index is 217. The molecule has 1 heterocycles. The standard InChI is InChI=1S/C13H26N2OS/c1-3-12(10-17-2)15-13(16)7-6-11-5-4-8-14-9-11/h11-12,14H,3-10H2,1-2H3,(H,15,16). The third-order valence-electron chi connectivity index (χ3n) is 3.40. The Hall–Kier alpha value is -0.220. The van der Waals surface area contributed by atoms with Crippen LogP contribution in [0, 0.1) is 5.92 Å². The van der Waals surface area contributed by atoms with Gasteiger partial charge < -0.3 is 10.6 Å². The largest absolute Gasteiger partial charge is 0.353 e. The summed E-state index contributed by atoms with van der Waals surface area (Å²) in [5, 5.41) is 6.52. The Labute approximate surface area is 109 Å². The summed E-state index contributed by atoms with van der Waals surface area (Å²) in [6.07, 6.45) is 7.38. The van der Waals surface area contributed by atoms with Gasteiger partial charge in [-0.2, -0.15) is 11.8 Å². The number of carbonyl (C=O) groups excluding carboxylic acids is 1. The molecule has 100 valence electrons. The van der Waals surface area contributed by atoms with Crippen LogP contribution in [-0.2, 0) is 4.79 Å². The second-order valence-corrected chi connectivity index (χ2v) is 5.79. The maximum atomic E-state index is 11.8. The fourth-order valence-corrected chi connectivity index (χ4v) is 2.99. The Morgan fingerprint density at radius 1 is 1.59 bits per heavy atom. The van der Waals surface area contributed by atoms with Gasteiger partial charge in [-0.15, -0.1) is 0 Å². The Morgan fingerprint density at radius 2 is 2.41 bits per heavy atom. The molecule has 0 saturated carbocycles. The fraction of sp³-hybridized carbons (Fsp3) is 0.923. The molecule has 0 spiro atoms. The highest BCUT2D eigenvalue weighted by Gasteiger charge is 2.15. The van der Waals surface area contributed by atoms with Gasteiger partial charge in [-0.25, -0.2) is 0 Å². The Morgan fingerprint density at radius 3 is 3.00 bits per heavy atom. The van der Waals surface area contributed by atoms with Crippen LogP contribution in [0.5, 0.6) is 0 Å². The summed E-state index contributed by atoms with van der Waals surface area (Å²) in [7, 11) is 0. The molecule has 2 N–H and O–H groups in total. The molecule has 0 aromatic heterocycles. The van der Waals surface area contributed by atoms with Crippen molar-refractivity contribution >= 4 is 17.7 Å². The normalized spacial score (nSPS) is 22.1. The van der Waals surface area contributed by atoms with Crippen LogP contribution in [0.15, 0.2) is 0 Å². The van der Waals surface area contributed by atoms with Gasteiger partial charge in [0.05, 0.1) is 0 Å². The van der Waals surface area contributed by atoms with E-state index in [-0.39, 0.29) is 5.91 Å². The number of hydrogen-bond acceptors (Lipinski definition) is 3. The average molecular weight is 258 g/mol. The van der Waals surface area contributed by atoms with E-state index in [1.54, 1.807) is 11.8 Å². The van der Waals surface area contributed by atoms with Crippen molar-refractivity contribution < 1.29 is 4.79 Å². The van der Waals surface area contributed by atoms with Crippen molar-refractivity contribution in [3.05, 3.63) is 0 Å². The molecule has 1 aliphatic rings. The number of piperidine rings is 1. The van der Waals surface area contributed by atoms with E-state index in [1.807, 2.05) is 0 Å². The third kappa shape index (κ3) is 6.32. The number of amides is 1. The zero-order chi connectivity index (χ0) is 12.5. The predicted molar refractivity (Wildman–Crippen MR) is 75.4 cm³/mol. The summed E-state index contributed by atoms with van der Waals surface area (Å²) in [5.41, 5.74) is 0. The lowest BCUT2D eigenvalue weighted by Crippen LogP contribution is -2.37. The molecule has 0 aromatic carbocycles. The smallest absolute Gasteiger partial charge is 0.220 e.